The number of nitrogens with zero attached hydrogens (tertiary/aromatic N) is 3. The predicted octanol–water partition coefficient (Wildman–Crippen LogP) is 2.39. The van der Waals surface area contributed by atoms with Crippen molar-refractivity contribution in [1.82, 2.24) is 10.2 Å². The molecule has 30 heavy (non-hydrogen) atoms. The number of thioether (sulfide) groups is 1. The van der Waals surface area contributed by atoms with Crippen LogP contribution < -0.4 is 10.0 Å². The molecule has 2 heterocycles. The standard InChI is InChI=1S/C20H11ClN4O4S/c21-15-4-2-1-3-11(15)9-30-17-14(8-22)16(23-24-17)25-18(26)12-6-5-10(20(28)29)7-13(12)19(25)27/h1-7H,9H2,(H,23,24)(H,28,29)/p-1. The molecule has 3 aromatic rings. The maximum Gasteiger partial charge on any atom is 0.267 e. The Hall–Kier alpha value is -3.61. The number of carbonyl (C=O) groups excluding carboxylic acids is 3. The summed E-state index contributed by atoms with van der Waals surface area (Å²) in [6.07, 6.45) is 0. The summed E-state index contributed by atoms with van der Waals surface area (Å²) in [6.45, 7) is 0. The Morgan fingerprint density at radius 3 is 2.63 bits per heavy atom. The van der Waals surface area contributed by atoms with Gasteiger partial charge in [-0.25, -0.2) is 4.90 Å². The van der Waals surface area contributed by atoms with E-state index in [1.54, 1.807) is 12.1 Å². The maximum atomic E-state index is 12.8. The minimum atomic E-state index is -1.46. The highest BCUT2D eigenvalue weighted by Crippen LogP contribution is 2.35. The highest BCUT2D eigenvalue weighted by molar-refractivity contribution is 7.98. The molecule has 1 aliphatic heterocycles. The van der Waals surface area contributed by atoms with Crippen molar-refractivity contribution in [2.75, 3.05) is 4.90 Å². The lowest BCUT2D eigenvalue weighted by Gasteiger charge is -2.11. The first kappa shape index (κ1) is 19.7. The number of nitriles is 1. The third kappa shape index (κ3) is 3.22. The molecule has 0 radical (unpaired) electrons. The molecule has 1 aliphatic rings. The molecule has 0 aliphatic carbocycles. The lowest BCUT2D eigenvalue weighted by atomic mass is 10.1. The van der Waals surface area contributed by atoms with Crippen LogP contribution in [0.1, 0.15) is 42.2 Å². The van der Waals surface area contributed by atoms with Gasteiger partial charge in [-0.2, -0.15) is 10.4 Å². The number of imide groups is 1. The lowest BCUT2D eigenvalue weighted by molar-refractivity contribution is -0.255. The molecule has 0 unspecified atom stereocenters. The van der Waals surface area contributed by atoms with E-state index in [1.807, 2.05) is 18.2 Å². The van der Waals surface area contributed by atoms with Gasteiger partial charge in [0, 0.05) is 10.8 Å². The fraction of sp³-hybridized carbons (Fsp3) is 0.0500. The largest absolute Gasteiger partial charge is 0.545 e. The number of aromatic amines is 1. The Balaban J connectivity index is 1.66. The molecule has 0 saturated heterocycles. The van der Waals surface area contributed by atoms with Crippen LogP contribution in [0.4, 0.5) is 5.82 Å². The van der Waals surface area contributed by atoms with Crippen molar-refractivity contribution in [2.24, 2.45) is 0 Å². The summed E-state index contributed by atoms with van der Waals surface area (Å²) in [5.74, 6) is -2.53. The number of halogens is 1. The maximum absolute atomic E-state index is 12.8. The first-order chi connectivity index (χ1) is 14.4. The van der Waals surface area contributed by atoms with Crippen LogP contribution in [0.3, 0.4) is 0 Å². The molecule has 2 amide bonds. The van der Waals surface area contributed by atoms with Gasteiger partial charge in [0.2, 0.25) is 0 Å². The van der Waals surface area contributed by atoms with E-state index in [0.717, 1.165) is 16.5 Å². The Bertz CT molecular complexity index is 1260. The monoisotopic (exact) mass is 437 g/mol. The van der Waals surface area contributed by atoms with Gasteiger partial charge in [0.1, 0.15) is 16.7 Å². The van der Waals surface area contributed by atoms with Crippen molar-refractivity contribution < 1.29 is 19.5 Å². The van der Waals surface area contributed by atoms with E-state index in [0.29, 0.717) is 15.8 Å². The Labute approximate surface area is 179 Å². The number of carboxylic acid groups (broad SMARTS) is 1. The average Bonchev–Trinajstić information content (AvgIpc) is 3.25. The number of carbonyl (C=O) groups is 3. The summed E-state index contributed by atoms with van der Waals surface area (Å²) in [7, 11) is 0. The molecule has 2 aromatic carbocycles. The summed E-state index contributed by atoms with van der Waals surface area (Å²) in [5, 5.41) is 28.2. The molecular formula is C20H10ClN4O4S-. The highest BCUT2D eigenvalue weighted by Gasteiger charge is 2.39. The van der Waals surface area contributed by atoms with Crippen molar-refractivity contribution in [2.45, 2.75) is 10.8 Å². The third-order valence-corrected chi connectivity index (χ3v) is 5.89. The molecule has 8 nitrogen and oxygen atoms in total. The van der Waals surface area contributed by atoms with Crippen LogP contribution in [0.25, 0.3) is 0 Å². The number of nitrogens with one attached hydrogen (secondary N) is 1. The Morgan fingerprint density at radius 2 is 1.93 bits per heavy atom. The van der Waals surface area contributed by atoms with Gasteiger partial charge in [-0.1, -0.05) is 47.6 Å². The first-order valence-electron chi connectivity index (χ1n) is 8.51. The van der Waals surface area contributed by atoms with E-state index in [4.69, 9.17) is 11.6 Å². The van der Waals surface area contributed by atoms with Crippen molar-refractivity contribution in [3.63, 3.8) is 0 Å². The Kier molecular flexibility index (Phi) is 5.03. The van der Waals surface area contributed by atoms with Crippen LogP contribution in [0, 0.1) is 11.3 Å². The van der Waals surface area contributed by atoms with E-state index < -0.39 is 17.8 Å². The number of hydrogen-bond donors (Lipinski definition) is 1. The fourth-order valence-electron chi connectivity index (χ4n) is 3.02. The number of H-pyrrole nitrogens is 1. The van der Waals surface area contributed by atoms with Crippen molar-refractivity contribution in [3.05, 3.63) is 75.3 Å². The molecule has 0 saturated carbocycles. The van der Waals surface area contributed by atoms with Crippen LogP contribution in [0.2, 0.25) is 5.02 Å². The zero-order valence-corrected chi connectivity index (χ0v) is 16.6. The molecule has 0 fully saturated rings. The number of rotatable bonds is 5. The van der Waals surface area contributed by atoms with E-state index >= 15 is 0 Å². The number of aromatic nitrogens is 2. The van der Waals surface area contributed by atoms with Gasteiger partial charge in [-0.3, -0.25) is 14.7 Å². The molecule has 0 atom stereocenters. The summed E-state index contributed by atoms with van der Waals surface area (Å²) in [6, 6.07) is 12.7. The van der Waals surface area contributed by atoms with Crippen molar-refractivity contribution in [3.8, 4) is 6.07 Å². The van der Waals surface area contributed by atoms with E-state index in [9.17, 15) is 24.8 Å². The number of fused-ring (bicyclic) bond motifs is 1. The normalized spacial score (nSPS) is 12.7. The topological polar surface area (TPSA) is 130 Å². The van der Waals surface area contributed by atoms with Gasteiger partial charge < -0.3 is 9.90 Å². The smallest absolute Gasteiger partial charge is 0.267 e. The lowest BCUT2D eigenvalue weighted by Crippen LogP contribution is -2.30. The number of aromatic carboxylic acids is 1. The summed E-state index contributed by atoms with van der Waals surface area (Å²) in [4.78, 5) is 37.4. The molecular weight excluding hydrogens is 428 g/mol. The second-order valence-electron chi connectivity index (χ2n) is 6.24. The van der Waals surface area contributed by atoms with Crippen LogP contribution in [0.5, 0.6) is 0 Å². The summed E-state index contributed by atoms with van der Waals surface area (Å²) >= 11 is 7.37. The first-order valence-corrected chi connectivity index (χ1v) is 9.87. The van der Waals surface area contributed by atoms with Crippen LogP contribution in [-0.4, -0.2) is 28.0 Å². The molecule has 1 aromatic heterocycles. The fourth-order valence-corrected chi connectivity index (χ4v) is 4.24. The molecule has 10 heteroatoms. The predicted molar refractivity (Wildman–Crippen MR) is 106 cm³/mol. The SMILES string of the molecule is N#Cc1c(SCc2ccccc2Cl)n[nH]c1N1C(=O)c2ccc(C(=O)[O-])cc2C1=O. The van der Waals surface area contributed by atoms with Gasteiger partial charge in [0.25, 0.3) is 11.8 Å². The average molecular weight is 438 g/mol. The van der Waals surface area contributed by atoms with Gasteiger partial charge in [0.15, 0.2) is 5.82 Å². The molecule has 1 N–H and O–H groups in total. The number of anilines is 1. The second kappa shape index (κ2) is 7.67. The molecule has 0 bridgehead atoms. The van der Waals surface area contributed by atoms with E-state index in [1.165, 1.54) is 23.9 Å². The molecule has 148 valence electrons. The zero-order chi connectivity index (χ0) is 21.4. The van der Waals surface area contributed by atoms with Crippen molar-refractivity contribution >= 4 is 47.0 Å². The molecule has 4 rings (SSSR count). The summed E-state index contributed by atoms with van der Waals surface area (Å²) in [5.41, 5.74) is 0.604. The molecule has 0 spiro atoms. The van der Waals surface area contributed by atoms with Crippen LogP contribution >= 0.6 is 23.4 Å². The van der Waals surface area contributed by atoms with Crippen LogP contribution in [0.15, 0.2) is 47.5 Å². The van der Waals surface area contributed by atoms with E-state index in [-0.39, 0.29) is 28.1 Å². The number of benzene rings is 2. The summed E-state index contributed by atoms with van der Waals surface area (Å²) < 4.78 is 0. The highest BCUT2D eigenvalue weighted by atomic mass is 35.5. The minimum absolute atomic E-state index is 0.0293. The number of hydrogen-bond acceptors (Lipinski definition) is 7. The van der Waals surface area contributed by atoms with Gasteiger partial charge in [-0.05, 0) is 29.3 Å². The Morgan fingerprint density at radius 1 is 1.20 bits per heavy atom. The quantitative estimate of drug-likeness (QED) is 0.479. The number of amides is 2. The minimum Gasteiger partial charge on any atom is -0.545 e. The third-order valence-electron chi connectivity index (χ3n) is 4.49. The second-order valence-corrected chi connectivity index (χ2v) is 7.61. The van der Waals surface area contributed by atoms with E-state index in [2.05, 4.69) is 10.2 Å². The van der Waals surface area contributed by atoms with Gasteiger partial charge in [-0.15, -0.1) is 0 Å². The van der Waals surface area contributed by atoms with Crippen LogP contribution in [-0.2, 0) is 5.75 Å². The van der Waals surface area contributed by atoms with Gasteiger partial charge in [0.05, 0.1) is 17.1 Å². The van der Waals surface area contributed by atoms with Crippen molar-refractivity contribution in [1.29, 1.82) is 5.26 Å². The van der Waals surface area contributed by atoms with Gasteiger partial charge >= 0.3 is 0 Å². The number of carboxylic acids is 1. The zero-order valence-electron chi connectivity index (χ0n) is 15.0.